The van der Waals surface area contributed by atoms with Gasteiger partial charge in [0.1, 0.15) is 0 Å². The summed E-state index contributed by atoms with van der Waals surface area (Å²) in [6, 6.07) is 25.8. The molecule has 0 saturated carbocycles. The molecule has 0 spiro atoms. The van der Waals surface area contributed by atoms with E-state index in [0.29, 0.717) is 27.8 Å². The minimum Gasteiger partial charge on any atom is -0.493 e. The number of hydrogen-bond donors (Lipinski definition) is 2. The van der Waals surface area contributed by atoms with E-state index in [1.807, 2.05) is 47.8 Å². The first-order valence-electron chi connectivity index (χ1n) is 10.2. The molecule has 2 N–H and O–H groups in total. The molecule has 0 bridgehead atoms. The summed E-state index contributed by atoms with van der Waals surface area (Å²) in [5.74, 6) is 0.514. The third kappa shape index (κ3) is 5.58. The largest absolute Gasteiger partial charge is 0.493 e. The fourth-order valence-corrected chi connectivity index (χ4v) is 4.08. The van der Waals surface area contributed by atoms with E-state index in [-0.39, 0.29) is 18.4 Å². The number of benzene rings is 3. The second-order valence-corrected chi connectivity index (χ2v) is 7.97. The molecule has 0 fully saturated rings. The number of rotatable bonds is 8. The summed E-state index contributed by atoms with van der Waals surface area (Å²) in [5, 5.41) is 7.59. The van der Waals surface area contributed by atoms with Crippen molar-refractivity contribution in [1.82, 2.24) is 0 Å². The van der Waals surface area contributed by atoms with Gasteiger partial charge in [-0.3, -0.25) is 9.59 Å². The maximum atomic E-state index is 12.9. The average Bonchev–Trinajstić information content (AvgIpc) is 3.34. The van der Waals surface area contributed by atoms with Crippen LogP contribution in [0, 0.1) is 0 Å². The fourth-order valence-electron chi connectivity index (χ4n) is 3.27. The summed E-state index contributed by atoms with van der Waals surface area (Å²) in [6.07, 6.45) is 0. The van der Waals surface area contributed by atoms with Crippen LogP contribution >= 0.6 is 11.3 Å². The molecule has 0 saturated heterocycles. The predicted octanol–water partition coefficient (Wildman–Crippen LogP) is 5.69. The molecule has 4 aromatic rings. The van der Waals surface area contributed by atoms with E-state index in [2.05, 4.69) is 10.6 Å². The number of nitrogens with one attached hydrogen (secondary N) is 2. The zero-order valence-corrected chi connectivity index (χ0v) is 18.7. The molecule has 0 aliphatic rings. The number of methoxy groups -OCH3 is 1. The molecule has 7 heteroatoms. The molecule has 0 atom stereocenters. The van der Waals surface area contributed by atoms with Crippen LogP contribution in [-0.4, -0.2) is 25.5 Å². The standard InChI is InChI=1S/C26H22N2O4S/c1-31-22-12-5-6-13-23(22)32-17-24(29)27-19-10-7-11-20(16-19)28-26(30)25-21(14-15-33-25)18-8-3-2-4-9-18/h2-16H,17H2,1H3,(H,27,29)(H,28,30). The summed E-state index contributed by atoms with van der Waals surface area (Å²) in [7, 11) is 1.54. The second kappa shape index (κ2) is 10.5. The second-order valence-electron chi connectivity index (χ2n) is 7.05. The Labute approximate surface area is 195 Å². The normalized spacial score (nSPS) is 10.3. The summed E-state index contributed by atoms with van der Waals surface area (Å²) in [4.78, 5) is 25.9. The van der Waals surface area contributed by atoms with E-state index in [1.54, 1.807) is 49.6 Å². The summed E-state index contributed by atoms with van der Waals surface area (Å²) < 4.78 is 10.8. The quantitative estimate of drug-likeness (QED) is 0.355. The number of ether oxygens (including phenoxy) is 2. The Kier molecular flexibility index (Phi) is 7.02. The highest BCUT2D eigenvalue weighted by atomic mass is 32.1. The first kappa shape index (κ1) is 22.1. The van der Waals surface area contributed by atoms with Crippen LogP contribution in [0.25, 0.3) is 11.1 Å². The van der Waals surface area contributed by atoms with Crippen molar-refractivity contribution in [1.29, 1.82) is 0 Å². The van der Waals surface area contributed by atoms with Crippen LogP contribution in [0.3, 0.4) is 0 Å². The first-order valence-corrected chi connectivity index (χ1v) is 11.1. The molecule has 1 aromatic heterocycles. The molecule has 6 nitrogen and oxygen atoms in total. The maximum Gasteiger partial charge on any atom is 0.266 e. The Morgan fingerprint density at radius 1 is 0.818 bits per heavy atom. The predicted molar refractivity (Wildman–Crippen MR) is 131 cm³/mol. The van der Waals surface area contributed by atoms with Crippen molar-refractivity contribution in [3.05, 3.63) is 95.2 Å². The van der Waals surface area contributed by atoms with Crippen LogP contribution in [-0.2, 0) is 4.79 Å². The van der Waals surface area contributed by atoms with Gasteiger partial charge in [0, 0.05) is 16.9 Å². The molecule has 166 valence electrons. The van der Waals surface area contributed by atoms with Gasteiger partial charge in [0.15, 0.2) is 18.1 Å². The van der Waals surface area contributed by atoms with Crippen LogP contribution in [0.5, 0.6) is 11.5 Å². The maximum absolute atomic E-state index is 12.9. The van der Waals surface area contributed by atoms with E-state index < -0.39 is 0 Å². The average molecular weight is 459 g/mol. The molecule has 33 heavy (non-hydrogen) atoms. The van der Waals surface area contributed by atoms with Gasteiger partial charge in [-0.1, -0.05) is 48.5 Å². The van der Waals surface area contributed by atoms with Crippen molar-refractivity contribution in [3.8, 4) is 22.6 Å². The topological polar surface area (TPSA) is 76.7 Å². The van der Waals surface area contributed by atoms with Crippen LogP contribution in [0.2, 0.25) is 0 Å². The molecule has 2 amide bonds. The number of hydrogen-bond acceptors (Lipinski definition) is 5. The minimum absolute atomic E-state index is 0.174. The number of carbonyl (C=O) groups is 2. The smallest absolute Gasteiger partial charge is 0.266 e. The highest BCUT2D eigenvalue weighted by Gasteiger charge is 2.15. The molecule has 0 aliphatic heterocycles. The summed E-state index contributed by atoms with van der Waals surface area (Å²) in [5.41, 5.74) is 3.00. The minimum atomic E-state index is -0.325. The van der Waals surface area contributed by atoms with E-state index in [0.717, 1.165) is 11.1 Å². The summed E-state index contributed by atoms with van der Waals surface area (Å²) >= 11 is 1.39. The molecule has 4 rings (SSSR count). The first-order chi connectivity index (χ1) is 16.1. The van der Waals surface area contributed by atoms with Gasteiger partial charge in [-0.05, 0) is 47.3 Å². The van der Waals surface area contributed by atoms with Gasteiger partial charge in [0.05, 0.1) is 12.0 Å². The molecular formula is C26H22N2O4S. The van der Waals surface area contributed by atoms with Crippen LogP contribution in [0.15, 0.2) is 90.3 Å². The molecule has 0 radical (unpaired) electrons. The Bertz CT molecular complexity index is 1250. The number of para-hydroxylation sites is 2. The zero-order valence-electron chi connectivity index (χ0n) is 17.9. The van der Waals surface area contributed by atoms with Gasteiger partial charge in [0.2, 0.25) is 0 Å². The Morgan fingerprint density at radius 3 is 2.27 bits per heavy atom. The van der Waals surface area contributed by atoms with Crippen molar-refractivity contribution in [2.75, 3.05) is 24.4 Å². The molecule has 1 heterocycles. The third-order valence-corrected chi connectivity index (χ3v) is 5.70. The van der Waals surface area contributed by atoms with Gasteiger partial charge in [-0.15, -0.1) is 11.3 Å². The Balaban J connectivity index is 1.39. The van der Waals surface area contributed by atoms with Crippen molar-refractivity contribution in [2.45, 2.75) is 0 Å². The van der Waals surface area contributed by atoms with Crippen LogP contribution < -0.4 is 20.1 Å². The zero-order chi connectivity index (χ0) is 23.0. The van der Waals surface area contributed by atoms with E-state index in [4.69, 9.17) is 9.47 Å². The summed E-state index contributed by atoms with van der Waals surface area (Å²) in [6.45, 7) is -0.174. The van der Waals surface area contributed by atoms with Gasteiger partial charge in [0.25, 0.3) is 11.8 Å². The lowest BCUT2D eigenvalue weighted by atomic mass is 10.1. The van der Waals surface area contributed by atoms with Crippen LogP contribution in [0.1, 0.15) is 9.67 Å². The monoisotopic (exact) mass is 458 g/mol. The Hall–Kier alpha value is -4.10. The van der Waals surface area contributed by atoms with Gasteiger partial charge in [-0.25, -0.2) is 0 Å². The lowest BCUT2D eigenvalue weighted by Gasteiger charge is -2.11. The lowest BCUT2D eigenvalue weighted by Crippen LogP contribution is -2.20. The van der Waals surface area contributed by atoms with Crippen molar-refractivity contribution < 1.29 is 19.1 Å². The highest BCUT2D eigenvalue weighted by molar-refractivity contribution is 7.12. The number of carbonyl (C=O) groups excluding carboxylic acids is 2. The number of anilines is 2. The van der Waals surface area contributed by atoms with E-state index in [1.165, 1.54) is 11.3 Å². The van der Waals surface area contributed by atoms with Gasteiger partial charge in [-0.2, -0.15) is 0 Å². The van der Waals surface area contributed by atoms with Crippen molar-refractivity contribution >= 4 is 34.5 Å². The molecule has 3 aromatic carbocycles. The fraction of sp³-hybridized carbons (Fsp3) is 0.0769. The van der Waals surface area contributed by atoms with E-state index in [9.17, 15) is 9.59 Å². The lowest BCUT2D eigenvalue weighted by molar-refractivity contribution is -0.118. The van der Waals surface area contributed by atoms with Crippen molar-refractivity contribution in [3.63, 3.8) is 0 Å². The van der Waals surface area contributed by atoms with Crippen LogP contribution in [0.4, 0.5) is 11.4 Å². The SMILES string of the molecule is COc1ccccc1OCC(=O)Nc1cccc(NC(=O)c2sccc2-c2ccccc2)c1. The van der Waals surface area contributed by atoms with Gasteiger partial charge >= 0.3 is 0 Å². The third-order valence-electron chi connectivity index (χ3n) is 4.79. The Morgan fingerprint density at radius 2 is 1.52 bits per heavy atom. The number of thiophene rings is 1. The number of amides is 2. The molecular weight excluding hydrogens is 436 g/mol. The van der Waals surface area contributed by atoms with E-state index >= 15 is 0 Å². The highest BCUT2D eigenvalue weighted by Crippen LogP contribution is 2.29. The molecule has 0 aliphatic carbocycles. The molecule has 0 unspecified atom stereocenters. The van der Waals surface area contributed by atoms with Crippen molar-refractivity contribution in [2.24, 2.45) is 0 Å². The van der Waals surface area contributed by atoms with Gasteiger partial charge < -0.3 is 20.1 Å².